The van der Waals surface area contributed by atoms with Gasteiger partial charge in [0.1, 0.15) is 5.82 Å². The van der Waals surface area contributed by atoms with E-state index in [-0.39, 0.29) is 17.3 Å². The Morgan fingerprint density at radius 3 is 2.67 bits per heavy atom. The van der Waals surface area contributed by atoms with Crippen LogP contribution in [0.4, 0.5) is 5.13 Å². The van der Waals surface area contributed by atoms with Gasteiger partial charge in [-0.25, -0.2) is 19.5 Å². The lowest BCUT2D eigenvalue weighted by Gasteiger charge is -2.12. The number of aliphatic imine (C=N–C) groups is 1. The smallest absolute Gasteiger partial charge is 0.267 e. The summed E-state index contributed by atoms with van der Waals surface area (Å²) in [7, 11) is 0. The van der Waals surface area contributed by atoms with E-state index in [1.165, 1.54) is 23.7 Å². The zero-order valence-corrected chi connectivity index (χ0v) is 15.7. The van der Waals surface area contributed by atoms with Gasteiger partial charge in [-0.1, -0.05) is 29.8 Å². The van der Waals surface area contributed by atoms with Crippen LogP contribution in [-0.4, -0.2) is 25.9 Å². The van der Waals surface area contributed by atoms with Gasteiger partial charge in [-0.05, 0) is 25.1 Å². The van der Waals surface area contributed by atoms with Gasteiger partial charge in [-0.3, -0.25) is 4.79 Å². The Labute approximate surface area is 163 Å². The maximum atomic E-state index is 12.9. The highest BCUT2D eigenvalue weighted by atomic mass is 35.5. The first-order valence-electron chi connectivity index (χ1n) is 7.99. The van der Waals surface area contributed by atoms with E-state index in [1.807, 2.05) is 12.3 Å². The summed E-state index contributed by atoms with van der Waals surface area (Å²) in [5.41, 5.74) is 0.909. The third-order valence-electron chi connectivity index (χ3n) is 3.96. The molecule has 1 N–H and O–H groups in total. The van der Waals surface area contributed by atoms with Crippen LogP contribution in [0, 0.1) is 6.92 Å². The molecule has 0 aliphatic carbocycles. The first-order chi connectivity index (χ1) is 13.0. The van der Waals surface area contributed by atoms with Crippen LogP contribution in [-0.2, 0) is 0 Å². The number of hydrogen-bond donors (Lipinski definition) is 1. The number of thiazole rings is 1. The number of nitrogens with zero attached hydrogens (tertiary/aromatic N) is 4. The number of halogens is 1. The van der Waals surface area contributed by atoms with Gasteiger partial charge in [-0.2, -0.15) is 0 Å². The minimum absolute atomic E-state index is 0.245. The van der Waals surface area contributed by atoms with E-state index in [2.05, 4.69) is 15.0 Å². The fourth-order valence-corrected chi connectivity index (χ4v) is 3.47. The Hall–Kier alpha value is -3.03. The number of aromatic hydroxyl groups is 1. The van der Waals surface area contributed by atoms with Crippen molar-refractivity contribution in [2.75, 3.05) is 0 Å². The molecule has 8 heteroatoms. The lowest BCUT2D eigenvalue weighted by molar-refractivity contribution is 0.435. The molecule has 0 spiro atoms. The highest BCUT2D eigenvalue weighted by molar-refractivity contribution is 7.13. The van der Waals surface area contributed by atoms with Gasteiger partial charge in [0.05, 0.1) is 16.3 Å². The normalized spacial score (nSPS) is 11.5. The zero-order valence-electron chi connectivity index (χ0n) is 14.1. The summed E-state index contributed by atoms with van der Waals surface area (Å²) in [4.78, 5) is 25.7. The Morgan fingerprint density at radius 2 is 2.00 bits per heavy atom. The first kappa shape index (κ1) is 17.4. The number of benzene rings is 1. The molecule has 27 heavy (non-hydrogen) atoms. The summed E-state index contributed by atoms with van der Waals surface area (Å²) in [5, 5.41) is 14.8. The van der Waals surface area contributed by atoms with E-state index in [1.54, 1.807) is 36.4 Å². The Bertz CT molecular complexity index is 1230. The molecule has 3 heterocycles. The number of hydrogen-bond acceptors (Lipinski definition) is 6. The van der Waals surface area contributed by atoms with E-state index in [0.717, 1.165) is 10.3 Å². The standard InChI is InChI=1S/C19H13ClN4O2S/c1-11-10-27-19(23-11)22-9-15-13-4-2-3-5-14(13)17(25)24(18(15)26)16-7-6-12(20)8-21-16/h2-10,26H,1H3. The average Bonchev–Trinajstić information content (AvgIpc) is 3.08. The van der Waals surface area contributed by atoms with Crippen molar-refractivity contribution in [2.24, 2.45) is 4.99 Å². The van der Waals surface area contributed by atoms with Crippen molar-refractivity contribution in [1.82, 2.24) is 14.5 Å². The van der Waals surface area contributed by atoms with Crippen molar-refractivity contribution < 1.29 is 5.11 Å². The van der Waals surface area contributed by atoms with Gasteiger partial charge in [0.25, 0.3) is 5.56 Å². The van der Waals surface area contributed by atoms with Crippen molar-refractivity contribution in [3.63, 3.8) is 0 Å². The molecule has 0 radical (unpaired) electrons. The number of aryl methyl sites for hydroxylation is 1. The molecule has 134 valence electrons. The largest absolute Gasteiger partial charge is 0.494 e. The minimum atomic E-state index is -0.375. The number of rotatable bonds is 3. The van der Waals surface area contributed by atoms with Crippen LogP contribution in [0.1, 0.15) is 11.3 Å². The van der Waals surface area contributed by atoms with Gasteiger partial charge < -0.3 is 5.11 Å². The summed E-state index contributed by atoms with van der Waals surface area (Å²) in [6.45, 7) is 1.88. The molecule has 0 bridgehead atoms. The summed E-state index contributed by atoms with van der Waals surface area (Å²) in [5.74, 6) is 0.0259. The summed E-state index contributed by atoms with van der Waals surface area (Å²) >= 11 is 7.28. The second kappa shape index (κ2) is 6.94. The average molecular weight is 397 g/mol. The maximum Gasteiger partial charge on any atom is 0.267 e. The molecule has 0 saturated heterocycles. The summed E-state index contributed by atoms with van der Waals surface area (Å²) in [6, 6.07) is 10.2. The number of aromatic nitrogens is 3. The molecule has 3 aromatic heterocycles. The van der Waals surface area contributed by atoms with Gasteiger partial charge in [0.15, 0.2) is 0 Å². The fraction of sp³-hybridized carbons (Fsp3) is 0.0526. The molecule has 4 rings (SSSR count). The minimum Gasteiger partial charge on any atom is -0.494 e. The molecule has 0 atom stereocenters. The first-order valence-corrected chi connectivity index (χ1v) is 9.25. The Kier molecular flexibility index (Phi) is 4.47. The molecule has 6 nitrogen and oxygen atoms in total. The van der Waals surface area contributed by atoms with E-state index >= 15 is 0 Å². The molecule has 0 saturated carbocycles. The molecule has 0 fully saturated rings. The lowest BCUT2D eigenvalue weighted by Crippen LogP contribution is -2.21. The monoisotopic (exact) mass is 396 g/mol. The van der Waals surface area contributed by atoms with Gasteiger partial charge in [0, 0.05) is 28.6 Å². The molecular formula is C19H13ClN4O2S. The highest BCUT2D eigenvalue weighted by Gasteiger charge is 2.17. The van der Waals surface area contributed by atoms with E-state index in [0.29, 0.717) is 26.5 Å². The van der Waals surface area contributed by atoms with Crippen molar-refractivity contribution in [3.05, 3.63) is 74.6 Å². The van der Waals surface area contributed by atoms with E-state index in [4.69, 9.17) is 11.6 Å². The van der Waals surface area contributed by atoms with Crippen LogP contribution in [0.15, 0.2) is 57.8 Å². The predicted molar refractivity (Wildman–Crippen MR) is 108 cm³/mol. The maximum absolute atomic E-state index is 12.9. The Balaban J connectivity index is 1.98. The van der Waals surface area contributed by atoms with Crippen molar-refractivity contribution in [1.29, 1.82) is 0 Å². The third-order valence-corrected chi connectivity index (χ3v) is 5.05. The summed E-state index contributed by atoms with van der Waals surface area (Å²) < 4.78 is 1.15. The molecule has 0 aliphatic rings. The second-order valence-corrected chi connectivity index (χ2v) is 7.06. The third kappa shape index (κ3) is 3.22. The zero-order chi connectivity index (χ0) is 19.0. The van der Waals surface area contributed by atoms with Crippen LogP contribution in [0.3, 0.4) is 0 Å². The van der Waals surface area contributed by atoms with Crippen LogP contribution < -0.4 is 5.56 Å². The van der Waals surface area contributed by atoms with Crippen LogP contribution in [0.5, 0.6) is 5.88 Å². The molecule has 0 aliphatic heterocycles. The van der Waals surface area contributed by atoms with Crippen molar-refractivity contribution in [2.45, 2.75) is 6.92 Å². The van der Waals surface area contributed by atoms with Crippen LogP contribution >= 0.6 is 22.9 Å². The molecular weight excluding hydrogens is 384 g/mol. The predicted octanol–water partition coefficient (Wildman–Crippen LogP) is 4.26. The SMILES string of the molecule is Cc1csc(N=Cc2c(O)n(-c3ccc(Cl)cn3)c(=O)c3ccccc23)n1. The van der Waals surface area contributed by atoms with Crippen LogP contribution in [0.25, 0.3) is 16.6 Å². The molecule has 0 unspecified atom stereocenters. The van der Waals surface area contributed by atoms with E-state index in [9.17, 15) is 9.90 Å². The van der Waals surface area contributed by atoms with E-state index < -0.39 is 0 Å². The lowest BCUT2D eigenvalue weighted by atomic mass is 10.1. The molecule has 4 aromatic rings. The fourth-order valence-electron chi connectivity index (χ4n) is 2.72. The number of fused-ring (bicyclic) bond motifs is 1. The molecule has 0 amide bonds. The van der Waals surface area contributed by atoms with Crippen molar-refractivity contribution >= 4 is 45.1 Å². The van der Waals surface area contributed by atoms with Gasteiger partial charge >= 0.3 is 0 Å². The summed E-state index contributed by atoms with van der Waals surface area (Å²) in [6.07, 6.45) is 2.94. The van der Waals surface area contributed by atoms with Gasteiger partial charge in [-0.15, -0.1) is 11.3 Å². The topological polar surface area (TPSA) is 80.4 Å². The Morgan fingerprint density at radius 1 is 1.22 bits per heavy atom. The van der Waals surface area contributed by atoms with Crippen molar-refractivity contribution in [3.8, 4) is 11.7 Å². The van der Waals surface area contributed by atoms with Gasteiger partial charge in [0.2, 0.25) is 11.0 Å². The quantitative estimate of drug-likeness (QED) is 0.524. The highest BCUT2D eigenvalue weighted by Crippen LogP contribution is 2.27. The molecule has 1 aromatic carbocycles. The number of pyridine rings is 2. The van der Waals surface area contributed by atoms with Crippen LogP contribution in [0.2, 0.25) is 5.02 Å². The second-order valence-electron chi connectivity index (χ2n) is 5.79.